The van der Waals surface area contributed by atoms with Crippen molar-refractivity contribution in [3.8, 4) is 6.07 Å². The third-order valence-corrected chi connectivity index (χ3v) is 5.81. The Hall–Kier alpha value is -1.27. The average Bonchev–Trinajstić information content (AvgIpc) is 2.82. The molecule has 2 aromatic rings. The van der Waals surface area contributed by atoms with Gasteiger partial charge in [-0.1, -0.05) is 0 Å². The van der Waals surface area contributed by atoms with Gasteiger partial charge < -0.3 is 0 Å². The number of nitriles is 1. The quantitative estimate of drug-likeness (QED) is 0.893. The first kappa shape index (κ1) is 15.1. The lowest BCUT2D eigenvalue weighted by Gasteiger charge is -2.06. The van der Waals surface area contributed by atoms with E-state index in [1.807, 2.05) is 11.4 Å². The van der Waals surface area contributed by atoms with Crippen LogP contribution >= 0.6 is 27.3 Å². The number of halogens is 2. The maximum atomic E-state index is 13.2. The molecule has 0 radical (unpaired) electrons. The molecule has 104 valence electrons. The number of nitrogens with zero attached hydrogens (tertiary/aromatic N) is 1. The van der Waals surface area contributed by atoms with Crippen molar-refractivity contribution in [2.24, 2.45) is 0 Å². The highest BCUT2D eigenvalue weighted by Crippen LogP contribution is 2.23. The predicted molar refractivity (Wildman–Crippen MR) is 77.2 cm³/mol. The molecule has 0 saturated heterocycles. The molecule has 20 heavy (non-hydrogen) atoms. The maximum absolute atomic E-state index is 13.2. The van der Waals surface area contributed by atoms with Crippen LogP contribution in [0.1, 0.15) is 10.4 Å². The van der Waals surface area contributed by atoms with Crippen LogP contribution < -0.4 is 4.72 Å². The minimum Gasteiger partial charge on any atom is -0.207 e. The summed E-state index contributed by atoms with van der Waals surface area (Å²) in [6, 6.07) is 6.54. The molecule has 0 aliphatic carbocycles. The zero-order chi connectivity index (χ0) is 14.8. The van der Waals surface area contributed by atoms with Crippen molar-refractivity contribution < 1.29 is 12.8 Å². The van der Waals surface area contributed by atoms with Gasteiger partial charge in [-0.25, -0.2) is 17.5 Å². The molecule has 1 aromatic heterocycles. The van der Waals surface area contributed by atoms with E-state index in [1.165, 1.54) is 11.3 Å². The van der Waals surface area contributed by atoms with Crippen LogP contribution in [0.2, 0.25) is 0 Å². The minimum atomic E-state index is -3.78. The minimum absolute atomic E-state index is 0.125. The van der Waals surface area contributed by atoms with Gasteiger partial charge in [-0.05, 0) is 45.6 Å². The van der Waals surface area contributed by atoms with E-state index in [2.05, 4.69) is 20.7 Å². The van der Waals surface area contributed by atoms with E-state index in [-0.39, 0.29) is 17.0 Å². The van der Waals surface area contributed by atoms with Crippen LogP contribution in [0.25, 0.3) is 0 Å². The van der Waals surface area contributed by atoms with E-state index >= 15 is 0 Å². The van der Waals surface area contributed by atoms with Gasteiger partial charge in [0.25, 0.3) is 0 Å². The monoisotopic (exact) mass is 374 g/mol. The highest BCUT2D eigenvalue weighted by Gasteiger charge is 2.16. The number of thiophene rings is 1. The standard InChI is InChI=1S/C12H8BrFN2O2S2/c13-10-3-4-19-12(10)7-16-20(17,18)9-1-2-11(14)8(5-9)6-15/h1-5,16H,7H2. The number of hydrogen-bond donors (Lipinski definition) is 1. The van der Waals surface area contributed by atoms with Crippen LogP contribution in [-0.4, -0.2) is 8.42 Å². The summed E-state index contributed by atoms with van der Waals surface area (Å²) in [5.41, 5.74) is -0.301. The summed E-state index contributed by atoms with van der Waals surface area (Å²) in [5.74, 6) is -0.743. The molecule has 1 aromatic carbocycles. The molecule has 0 unspecified atom stereocenters. The maximum Gasteiger partial charge on any atom is 0.240 e. The number of sulfonamides is 1. The fourth-order valence-electron chi connectivity index (χ4n) is 1.45. The first-order valence-corrected chi connectivity index (χ1v) is 8.51. The summed E-state index contributed by atoms with van der Waals surface area (Å²) in [6.07, 6.45) is 0. The summed E-state index contributed by atoms with van der Waals surface area (Å²) in [7, 11) is -3.78. The lowest BCUT2D eigenvalue weighted by atomic mass is 10.2. The van der Waals surface area contributed by atoms with Gasteiger partial charge in [0.2, 0.25) is 10.0 Å². The van der Waals surface area contributed by atoms with Gasteiger partial charge in [0, 0.05) is 15.9 Å². The van der Waals surface area contributed by atoms with E-state index in [1.54, 1.807) is 6.07 Å². The SMILES string of the molecule is N#Cc1cc(S(=O)(=O)NCc2sccc2Br)ccc1F. The summed E-state index contributed by atoms with van der Waals surface area (Å²) in [5, 5.41) is 10.5. The molecule has 0 atom stereocenters. The van der Waals surface area contributed by atoms with Gasteiger partial charge in [-0.2, -0.15) is 5.26 Å². The number of nitrogens with one attached hydrogen (secondary N) is 1. The van der Waals surface area contributed by atoms with Crippen LogP contribution in [0.5, 0.6) is 0 Å². The Bertz CT molecular complexity index is 781. The van der Waals surface area contributed by atoms with Crippen LogP contribution in [0, 0.1) is 17.1 Å². The second-order valence-corrected chi connectivity index (χ2v) is 7.39. The highest BCUT2D eigenvalue weighted by atomic mass is 79.9. The third-order valence-electron chi connectivity index (χ3n) is 2.48. The average molecular weight is 375 g/mol. The summed E-state index contributed by atoms with van der Waals surface area (Å²) >= 11 is 4.71. The summed E-state index contributed by atoms with van der Waals surface area (Å²) < 4.78 is 40.5. The van der Waals surface area contributed by atoms with Crippen molar-refractivity contribution >= 4 is 37.3 Å². The van der Waals surface area contributed by atoms with Crippen molar-refractivity contribution in [2.45, 2.75) is 11.4 Å². The predicted octanol–water partition coefficient (Wildman–Crippen LogP) is 3.00. The fraction of sp³-hybridized carbons (Fsp3) is 0.0833. The van der Waals surface area contributed by atoms with E-state index in [4.69, 9.17) is 5.26 Å². The van der Waals surface area contributed by atoms with Crippen LogP contribution in [0.4, 0.5) is 4.39 Å². The molecule has 0 aliphatic heterocycles. The number of hydrogen-bond acceptors (Lipinski definition) is 4. The van der Waals surface area contributed by atoms with Crippen molar-refractivity contribution in [1.29, 1.82) is 5.26 Å². The van der Waals surface area contributed by atoms with E-state index in [9.17, 15) is 12.8 Å². The van der Waals surface area contributed by atoms with Crippen LogP contribution in [0.3, 0.4) is 0 Å². The van der Waals surface area contributed by atoms with E-state index in [0.29, 0.717) is 0 Å². The molecule has 0 fully saturated rings. The van der Waals surface area contributed by atoms with Crippen molar-refractivity contribution in [3.05, 3.63) is 50.4 Å². The fourth-order valence-corrected chi connectivity index (χ4v) is 4.00. The molecule has 0 saturated carbocycles. The zero-order valence-electron chi connectivity index (χ0n) is 9.93. The zero-order valence-corrected chi connectivity index (χ0v) is 13.1. The summed E-state index contributed by atoms with van der Waals surface area (Å²) in [6.45, 7) is 0.125. The topological polar surface area (TPSA) is 70.0 Å². The van der Waals surface area contributed by atoms with Gasteiger partial charge in [0.15, 0.2) is 0 Å². The van der Waals surface area contributed by atoms with Crippen LogP contribution in [0.15, 0.2) is 39.0 Å². The molecule has 1 N–H and O–H groups in total. The second-order valence-electron chi connectivity index (χ2n) is 3.77. The first-order valence-electron chi connectivity index (χ1n) is 5.35. The molecule has 1 heterocycles. The Balaban J connectivity index is 2.23. The van der Waals surface area contributed by atoms with E-state index < -0.39 is 15.8 Å². The molecular formula is C12H8BrFN2O2S2. The molecule has 8 heteroatoms. The van der Waals surface area contributed by atoms with Crippen LogP contribution in [-0.2, 0) is 16.6 Å². The smallest absolute Gasteiger partial charge is 0.207 e. The molecule has 0 aliphatic rings. The molecule has 4 nitrogen and oxygen atoms in total. The van der Waals surface area contributed by atoms with Gasteiger partial charge in [0.1, 0.15) is 11.9 Å². The normalized spacial score (nSPS) is 11.2. The molecule has 2 rings (SSSR count). The van der Waals surface area contributed by atoms with Gasteiger partial charge >= 0.3 is 0 Å². The van der Waals surface area contributed by atoms with Gasteiger partial charge in [-0.15, -0.1) is 11.3 Å². The number of benzene rings is 1. The first-order chi connectivity index (χ1) is 9.44. The Morgan fingerprint density at radius 1 is 1.40 bits per heavy atom. The Kier molecular flexibility index (Phi) is 4.55. The van der Waals surface area contributed by atoms with Crippen molar-refractivity contribution in [1.82, 2.24) is 4.72 Å². The molecule has 0 bridgehead atoms. The summed E-state index contributed by atoms with van der Waals surface area (Å²) in [4.78, 5) is 0.694. The molecule has 0 amide bonds. The Labute approximate surface area is 128 Å². The highest BCUT2D eigenvalue weighted by molar-refractivity contribution is 9.10. The number of rotatable bonds is 4. The Morgan fingerprint density at radius 2 is 2.15 bits per heavy atom. The van der Waals surface area contributed by atoms with Crippen molar-refractivity contribution in [2.75, 3.05) is 0 Å². The van der Waals surface area contributed by atoms with E-state index in [0.717, 1.165) is 27.5 Å². The third kappa shape index (κ3) is 3.24. The van der Waals surface area contributed by atoms with Gasteiger partial charge in [0.05, 0.1) is 10.5 Å². The van der Waals surface area contributed by atoms with Crippen molar-refractivity contribution in [3.63, 3.8) is 0 Å². The second kappa shape index (κ2) is 6.01. The Morgan fingerprint density at radius 3 is 2.75 bits per heavy atom. The lowest BCUT2D eigenvalue weighted by molar-refractivity contribution is 0.580. The molecular weight excluding hydrogens is 367 g/mol. The largest absolute Gasteiger partial charge is 0.240 e. The lowest BCUT2D eigenvalue weighted by Crippen LogP contribution is -2.23. The van der Waals surface area contributed by atoms with Gasteiger partial charge in [-0.3, -0.25) is 0 Å². The molecule has 0 spiro atoms.